The summed E-state index contributed by atoms with van der Waals surface area (Å²) in [6.07, 6.45) is 0. The van der Waals surface area contributed by atoms with Crippen molar-refractivity contribution in [3.63, 3.8) is 0 Å². The molecule has 0 unspecified atom stereocenters. The monoisotopic (exact) mass is 297 g/mol. The van der Waals surface area contributed by atoms with Crippen molar-refractivity contribution in [2.45, 2.75) is 17.2 Å². The Morgan fingerprint density at radius 3 is 2.28 bits per heavy atom. The molecular formula is C14H13Cl2NS. The first-order chi connectivity index (χ1) is 8.69. The van der Waals surface area contributed by atoms with Crippen LogP contribution >= 0.6 is 35.0 Å². The van der Waals surface area contributed by atoms with Gasteiger partial charge in [-0.05, 0) is 29.3 Å². The van der Waals surface area contributed by atoms with Crippen LogP contribution in [0.3, 0.4) is 0 Å². The lowest BCUT2D eigenvalue weighted by Gasteiger charge is -2.05. The number of hydrogen-bond acceptors (Lipinski definition) is 2. The van der Waals surface area contributed by atoms with E-state index in [1.807, 2.05) is 12.1 Å². The molecule has 0 aliphatic rings. The fourth-order valence-corrected chi connectivity index (χ4v) is 2.97. The lowest BCUT2D eigenvalue weighted by Crippen LogP contribution is -1.95. The first-order valence-corrected chi connectivity index (χ1v) is 7.29. The highest BCUT2D eigenvalue weighted by Gasteiger charge is 2.03. The average molecular weight is 298 g/mol. The molecule has 0 aromatic heterocycles. The summed E-state index contributed by atoms with van der Waals surface area (Å²) >= 11 is 13.7. The third-order valence-electron chi connectivity index (χ3n) is 2.55. The molecule has 0 aliphatic carbocycles. The molecule has 0 saturated carbocycles. The molecule has 0 fully saturated rings. The SMILES string of the molecule is NCc1ccc(CSc2cc(Cl)ccc2Cl)cc1. The van der Waals surface area contributed by atoms with Crippen LogP contribution < -0.4 is 5.73 Å². The maximum atomic E-state index is 6.11. The molecule has 0 saturated heterocycles. The lowest BCUT2D eigenvalue weighted by molar-refractivity contribution is 1.07. The van der Waals surface area contributed by atoms with Crippen LogP contribution in [0.2, 0.25) is 10.0 Å². The van der Waals surface area contributed by atoms with Crippen molar-refractivity contribution in [2.24, 2.45) is 5.73 Å². The summed E-state index contributed by atoms with van der Waals surface area (Å²) in [4.78, 5) is 1.01. The Balaban J connectivity index is 2.04. The van der Waals surface area contributed by atoms with Crippen molar-refractivity contribution in [1.82, 2.24) is 0 Å². The second-order valence-corrected chi connectivity index (χ2v) is 5.74. The van der Waals surface area contributed by atoms with Gasteiger partial charge in [-0.2, -0.15) is 0 Å². The quantitative estimate of drug-likeness (QED) is 0.825. The van der Waals surface area contributed by atoms with Crippen LogP contribution in [-0.2, 0) is 12.3 Å². The topological polar surface area (TPSA) is 26.0 Å². The smallest absolute Gasteiger partial charge is 0.0543 e. The molecule has 2 aromatic carbocycles. The highest BCUT2D eigenvalue weighted by Crippen LogP contribution is 2.31. The molecule has 0 atom stereocenters. The van der Waals surface area contributed by atoms with Gasteiger partial charge in [0.2, 0.25) is 0 Å². The molecule has 2 rings (SSSR count). The predicted molar refractivity (Wildman–Crippen MR) is 80.4 cm³/mol. The van der Waals surface area contributed by atoms with Crippen LogP contribution in [0.25, 0.3) is 0 Å². The molecule has 94 valence electrons. The van der Waals surface area contributed by atoms with Crippen molar-refractivity contribution >= 4 is 35.0 Å². The number of benzene rings is 2. The van der Waals surface area contributed by atoms with Crippen LogP contribution in [0.1, 0.15) is 11.1 Å². The van der Waals surface area contributed by atoms with E-state index in [4.69, 9.17) is 28.9 Å². The Bertz CT molecular complexity index is 526. The Hall–Kier alpha value is -0.670. The Kier molecular flexibility index (Phi) is 4.95. The zero-order valence-electron chi connectivity index (χ0n) is 9.70. The zero-order valence-corrected chi connectivity index (χ0v) is 12.0. The maximum absolute atomic E-state index is 6.11. The van der Waals surface area contributed by atoms with E-state index in [0.717, 1.165) is 21.2 Å². The fourth-order valence-electron chi connectivity index (χ4n) is 1.52. The summed E-state index contributed by atoms with van der Waals surface area (Å²) in [5.41, 5.74) is 7.95. The summed E-state index contributed by atoms with van der Waals surface area (Å²) in [6.45, 7) is 0.577. The van der Waals surface area contributed by atoms with Crippen molar-refractivity contribution in [3.8, 4) is 0 Å². The normalized spacial score (nSPS) is 10.6. The van der Waals surface area contributed by atoms with Crippen LogP contribution in [-0.4, -0.2) is 0 Å². The molecule has 2 N–H and O–H groups in total. The van der Waals surface area contributed by atoms with E-state index >= 15 is 0 Å². The van der Waals surface area contributed by atoms with E-state index in [9.17, 15) is 0 Å². The summed E-state index contributed by atoms with van der Waals surface area (Å²) < 4.78 is 0. The van der Waals surface area contributed by atoms with Crippen molar-refractivity contribution in [1.29, 1.82) is 0 Å². The van der Waals surface area contributed by atoms with Crippen molar-refractivity contribution < 1.29 is 0 Å². The largest absolute Gasteiger partial charge is 0.326 e. The number of halogens is 2. The lowest BCUT2D eigenvalue weighted by atomic mass is 10.1. The number of rotatable bonds is 4. The predicted octanol–water partition coefficient (Wildman–Crippen LogP) is 4.74. The van der Waals surface area contributed by atoms with Crippen molar-refractivity contribution in [3.05, 3.63) is 63.6 Å². The van der Waals surface area contributed by atoms with Gasteiger partial charge in [0, 0.05) is 22.2 Å². The van der Waals surface area contributed by atoms with E-state index in [1.165, 1.54) is 5.56 Å². The van der Waals surface area contributed by atoms with Crippen LogP contribution in [0.15, 0.2) is 47.4 Å². The number of nitrogens with two attached hydrogens (primary N) is 1. The van der Waals surface area contributed by atoms with Gasteiger partial charge in [0.05, 0.1) is 5.02 Å². The van der Waals surface area contributed by atoms with Crippen LogP contribution in [0.5, 0.6) is 0 Å². The third-order valence-corrected chi connectivity index (χ3v) is 4.35. The molecule has 2 aromatic rings. The Morgan fingerprint density at radius 2 is 1.61 bits per heavy atom. The molecule has 1 nitrogen and oxygen atoms in total. The standard InChI is InChI=1S/C14H13Cl2NS/c15-12-5-6-13(16)14(7-12)18-9-11-3-1-10(8-17)2-4-11/h1-7H,8-9,17H2. The van der Waals surface area contributed by atoms with Gasteiger partial charge in [0.25, 0.3) is 0 Å². The van der Waals surface area contributed by atoms with Gasteiger partial charge in [0.1, 0.15) is 0 Å². The second kappa shape index (κ2) is 6.48. The first-order valence-electron chi connectivity index (χ1n) is 5.55. The zero-order chi connectivity index (χ0) is 13.0. The van der Waals surface area contributed by atoms with E-state index in [1.54, 1.807) is 17.8 Å². The minimum atomic E-state index is 0.577. The highest BCUT2D eigenvalue weighted by atomic mass is 35.5. The fraction of sp³-hybridized carbons (Fsp3) is 0.143. The molecule has 0 spiro atoms. The van der Waals surface area contributed by atoms with Gasteiger partial charge in [-0.3, -0.25) is 0 Å². The van der Waals surface area contributed by atoms with E-state index in [-0.39, 0.29) is 0 Å². The molecule has 0 heterocycles. The van der Waals surface area contributed by atoms with Gasteiger partial charge < -0.3 is 5.73 Å². The Labute approximate surface area is 121 Å². The minimum absolute atomic E-state index is 0.577. The van der Waals surface area contributed by atoms with Crippen LogP contribution in [0, 0.1) is 0 Å². The number of thioether (sulfide) groups is 1. The average Bonchev–Trinajstić information content (AvgIpc) is 2.40. The minimum Gasteiger partial charge on any atom is -0.326 e. The van der Waals surface area contributed by atoms with Crippen molar-refractivity contribution in [2.75, 3.05) is 0 Å². The summed E-state index contributed by atoms with van der Waals surface area (Å²) in [5, 5.41) is 1.45. The third kappa shape index (κ3) is 3.66. The van der Waals surface area contributed by atoms with Gasteiger partial charge in [-0.15, -0.1) is 11.8 Å². The van der Waals surface area contributed by atoms with Crippen LogP contribution in [0.4, 0.5) is 0 Å². The maximum Gasteiger partial charge on any atom is 0.0543 e. The van der Waals surface area contributed by atoms with Gasteiger partial charge >= 0.3 is 0 Å². The molecular weight excluding hydrogens is 285 g/mol. The van der Waals surface area contributed by atoms with Gasteiger partial charge in [0.15, 0.2) is 0 Å². The Morgan fingerprint density at radius 1 is 0.944 bits per heavy atom. The summed E-state index contributed by atoms with van der Waals surface area (Å²) in [7, 11) is 0. The van der Waals surface area contributed by atoms with E-state index in [2.05, 4.69) is 24.3 Å². The molecule has 0 amide bonds. The molecule has 18 heavy (non-hydrogen) atoms. The first kappa shape index (κ1) is 13.8. The molecule has 0 bridgehead atoms. The van der Waals surface area contributed by atoms with Gasteiger partial charge in [-0.25, -0.2) is 0 Å². The number of hydrogen-bond donors (Lipinski definition) is 1. The highest BCUT2D eigenvalue weighted by molar-refractivity contribution is 7.98. The molecule has 0 aliphatic heterocycles. The van der Waals surface area contributed by atoms with Gasteiger partial charge in [-0.1, -0.05) is 47.5 Å². The van der Waals surface area contributed by atoms with E-state index in [0.29, 0.717) is 11.6 Å². The molecule has 4 heteroatoms. The molecule has 0 radical (unpaired) electrons. The van der Waals surface area contributed by atoms with E-state index < -0.39 is 0 Å². The summed E-state index contributed by atoms with van der Waals surface area (Å²) in [6, 6.07) is 13.8. The second-order valence-electron chi connectivity index (χ2n) is 3.88. The summed E-state index contributed by atoms with van der Waals surface area (Å²) in [5.74, 6) is 0.866.